The van der Waals surface area contributed by atoms with Crippen LogP contribution in [0.15, 0.2) is 33.9 Å². The summed E-state index contributed by atoms with van der Waals surface area (Å²) in [6.07, 6.45) is 0.667. The van der Waals surface area contributed by atoms with E-state index < -0.39 is 17.2 Å². The molecule has 0 unspecified atom stereocenters. The molecule has 1 aromatic carbocycles. The first kappa shape index (κ1) is 20.7. The van der Waals surface area contributed by atoms with Crippen LogP contribution in [0.25, 0.3) is 0 Å². The molecule has 0 aliphatic carbocycles. The van der Waals surface area contributed by atoms with Gasteiger partial charge in [0.25, 0.3) is 5.56 Å². The van der Waals surface area contributed by atoms with Crippen molar-refractivity contribution in [3.63, 3.8) is 0 Å². The highest BCUT2D eigenvalue weighted by atomic mass is 16.5. The molecule has 156 valence electrons. The summed E-state index contributed by atoms with van der Waals surface area (Å²) in [5, 5.41) is 2.77. The van der Waals surface area contributed by atoms with Gasteiger partial charge in [0.2, 0.25) is 5.91 Å². The van der Waals surface area contributed by atoms with Gasteiger partial charge in [0.15, 0.2) is 0 Å². The number of hydrogen-bond donors (Lipinski definition) is 2. The second kappa shape index (κ2) is 8.95. The Morgan fingerprint density at radius 3 is 2.52 bits per heavy atom. The molecule has 29 heavy (non-hydrogen) atoms. The van der Waals surface area contributed by atoms with Gasteiger partial charge in [-0.3, -0.25) is 14.2 Å². The van der Waals surface area contributed by atoms with Crippen molar-refractivity contribution >= 4 is 23.1 Å². The van der Waals surface area contributed by atoms with Crippen LogP contribution in [0.5, 0.6) is 0 Å². The van der Waals surface area contributed by atoms with Gasteiger partial charge < -0.3 is 20.7 Å². The maximum absolute atomic E-state index is 13.1. The number of amides is 1. The van der Waals surface area contributed by atoms with Gasteiger partial charge in [-0.25, -0.2) is 9.36 Å². The average Bonchev–Trinajstić information content (AvgIpc) is 2.71. The Morgan fingerprint density at radius 2 is 1.86 bits per heavy atom. The number of morpholine rings is 1. The average molecular weight is 401 g/mol. The van der Waals surface area contributed by atoms with E-state index in [1.807, 2.05) is 36.9 Å². The van der Waals surface area contributed by atoms with E-state index in [-0.39, 0.29) is 18.1 Å². The standard InChI is InChI=1S/C20H27N5O4/c1-3-8-24-18(21)17(23-9-11-29-12-10-23)19(27)25(20(24)28)13-16(26)22-15-7-5-4-6-14(15)2/h4-7H,3,8-13,21H2,1-2H3,(H,22,26). The zero-order valence-electron chi connectivity index (χ0n) is 16.8. The Balaban J connectivity index is 1.99. The zero-order chi connectivity index (χ0) is 21.0. The van der Waals surface area contributed by atoms with Crippen LogP contribution in [0.3, 0.4) is 0 Å². The molecule has 2 heterocycles. The van der Waals surface area contributed by atoms with Crippen LogP contribution < -0.4 is 27.2 Å². The lowest BCUT2D eigenvalue weighted by Crippen LogP contribution is -2.48. The quantitative estimate of drug-likeness (QED) is 0.740. The van der Waals surface area contributed by atoms with Crippen LogP contribution in [0.4, 0.5) is 17.2 Å². The molecule has 1 aromatic heterocycles. The molecule has 0 saturated carbocycles. The van der Waals surface area contributed by atoms with Crippen molar-refractivity contribution in [2.75, 3.05) is 42.3 Å². The Morgan fingerprint density at radius 1 is 1.17 bits per heavy atom. The summed E-state index contributed by atoms with van der Waals surface area (Å²) in [6, 6.07) is 7.32. The van der Waals surface area contributed by atoms with Crippen LogP contribution in [0, 0.1) is 6.92 Å². The highest BCUT2D eigenvalue weighted by molar-refractivity contribution is 5.91. The van der Waals surface area contributed by atoms with Gasteiger partial charge in [-0.15, -0.1) is 0 Å². The Kier molecular flexibility index (Phi) is 6.38. The molecular weight excluding hydrogens is 374 g/mol. The first-order valence-electron chi connectivity index (χ1n) is 9.75. The van der Waals surface area contributed by atoms with Crippen molar-refractivity contribution in [2.45, 2.75) is 33.4 Å². The number of anilines is 3. The summed E-state index contributed by atoms with van der Waals surface area (Å²) in [5.74, 6) is -0.307. The van der Waals surface area contributed by atoms with E-state index in [0.717, 1.165) is 10.1 Å². The van der Waals surface area contributed by atoms with Gasteiger partial charge in [0, 0.05) is 25.3 Å². The third-order valence-corrected chi connectivity index (χ3v) is 4.94. The minimum Gasteiger partial charge on any atom is -0.383 e. The largest absolute Gasteiger partial charge is 0.383 e. The number of aromatic nitrogens is 2. The van der Waals surface area contributed by atoms with Gasteiger partial charge in [-0.05, 0) is 25.0 Å². The topological polar surface area (TPSA) is 112 Å². The van der Waals surface area contributed by atoms with E-state index in [9.17, 15) is 14.4 Å². The number of nitrogens with one attached hydrogen (secondary N) is 1. The summed E-state index contributed by atoms with van der Waals surface area (Å²) in [4.78, 5) is 40.5. The Hall–Kier alpha value is -3.07. The third kappa shape index (κ3) is 4.34. The highest BCUT2D eigenvalue weighted by Gasteiger charge is 2.24. The predicted molar refractivity (Wildman–Crippen MR) is 113 cm³/mol. The molecule has 0 bridgehead atoms. The van der Waals surface area contributed by atoms with Crippen molar-refractivity contribution in [3.8, 4) is 0 Å². The van der Waals surface area contributed by atoms with E-state index in [1.165, 1.54) is 4.57 Å². The number of carbonyl (C=O) groups excluding carboxylic acids is 1. The lowest BCUT2D eigenvalue weighted by Gasteiger charge is -2.30. The molecule has 3 N–H and O–H groups in total. The predicted octanol–water partition coefficient (Wildman–Crippen LogP) is 0.786. The molecule has 9 heteroatoms. The number of para-hydroxylation sites is 1. The summed E-state index contributed by atoms with van der Waals surface area (Å²) in [6.45, 7) is 5.71. The molecule has 0 spiro atoms. The smallest absolute Gasteiger partial charge is 0.333 e. The fraction of sp³-hybridized carbons (Fsp3) is 0.450. The minimum atomic E-state index is -0.578. The van der Waals surface area contributed by atoms with E-state index in [4.69, 9.17) is 10.5 Å². The SMILES string of the molecule is CCCn1c(N)c(N2CCOCC2)c(=O)n(CC(=O)Nc2ccccc2C)c1=O. The molecule has 1 fully saturated rings. The Bertz CT molecular complexity index is 1000. The summed E-state index contributed by atoms with van der Waals surface area (Å²) < 4.78 is 7.68. The van der Waals surface area contributed by atoms with Crippen LogP contribution >= 0.6 is 0 Å². The molecule has 1 saturated heterocycles. The van der Waals surface area contributed by atoms with E-state index in [0.29, 0.717) is 45.0 Å². The van der Waals surface area contributed by atoms with E-state index >= 15 is 0 Å². The van der Waals surface area contributed by atoms with Crippen LogP contribution in [-0.4, -0.2) is 41.3 Å². The molecule has 0 radical (unpaired) electrons. The lowest BCUT2D eigenvalue weighted by atomic mass is 10.2. The molecule has 1 amide bonds. The van der Waals surface area contributed by atoms with Gasteiger partial charge in [0.1, 0.15) is 18.1 Å². The number of aryl methyl sites for hydroxylation is 1. The zero-order valence-corrected chi connectivity index (χ0v) is 16.8. The number of carbonyl (C=O) groups is 1. The fourth-order valence-corrected chi connectivity index (χ4v) is 3.41. The van der Waals surface area contributed by atoms with Crippen molar-refractivity contribution in [2.24, 2.45) is 0 Å². The normalized spacial score (nSPS) is 14.1. The van der Waals surface area contributed by atoms with Gasteiger partial charge in [0.05, 0.1) is 13.2 Å². The molecular formula is C20H27N5O4. The second-order valence-electron chi connectivity index (χ2n) is 7.02. The number of nitrogens with two attached hydrogens (primary N) is 1. The van der Waals surface area contributed by atoms with Gasteiger partial charge >= 0.3 is 5.69 Å². The molecule has 0 atom stereocenters. The van der Waals surface area contributed by atoms with Crippen molar-refractivity contribution in [3.05, 3.63) is 50.7 Å². The van der Waals surface area contributed by atoms with Gasteiger partial charge in [-0.1, -0.05) is 25.1 Å². The Labute approximate surface area is 168 Å². The lowest BCUT2D eigenvalue weighted by molar-refractivity contribution is -0.116. The molecule has 2 aromatic rings. The highest BCUT2D eigenvalue weighted by Crippen LogP contribution is 2.19. The monoisotopic (exact) mass is 401 g/mol. The number of rotatable bonds is 6. The maximum Gasteiger partial charge on any atom is 0.333 e. The summed E-state index contributed by atoms with van der Waals surface area (Å²) in [5.41, 5.74) is 6.87. The second-order valence-corrected chi connectivity index (χ2v) is 7.02. The number of nitrogen functional groups attached to an aromatic ring is 1. The van der Waals surface area contributed by atoms with Gasteiger partial charge in [-0.2, -0.15) is 0 Å². The number of nitrogens with zero attached hydrogens (tertiary/aromatic N) is 3. The minimum absolute atomic E-state index is 0.138. The number of benzene rings is 1. The first-order valence-corrected chi connectivity index (χ1v) is 9.75. The first-order chi connectivity index (χ1) is 13.9. The summed E-state index contributed by atoms with van der Waals surface area (Å²) >= 11 is 0. The fourth-order valence-electron chi connectivity index (χ4n) is 3.41. The summed E-state index contributed by atoms with van der Waals surface area (Å²) in [7, 11) is 0. The molecule has 3 rings (SSSR count). The van der Waals surface area contributed by atoms with E-state index in [2.05, 4.69) is 5.32 Å². The molecule has 1 aliphatic heterocycles. The van der Waals surface area contributed by atoms with E-state index in [1.54, 1.807) is 6.07 Å². The number of ether oxygens (including phenoxy) is 1. The van der Waals surface area contributed by atoms with Crippen molar-refractivity contribution < 1.29 is 9.53 Å². The number of hydrogen-bond acceptors (Lipinski definition) is 6. The van der Waals surface area contributed by atoms with Crippen LogP contribution in [0.2, 0.25) is 0 Å². The third-order valence-electron chi connectivity index (χ3n) is 4.94. The van der Waals surface area contributed by atoms with Crippen molar-refractivity contribution in [1.82, 2.24) is 9.13 Å². The van der Waals surface area contributed by atoms with Crippen LogP contribution in [0.1, 0.15) is 18.9 Å². The molecule has 9 nitrogen and oxygen atoms in total. The molecule has 1 aliphatic rings. The van der Waals surface area contributed by atoms with Crippen molar-refractivity contribution in [1.29, 1.82) is 0 Å². The van der Waals surface area contributed by atoms with Crippen LogP contribution in [-0.2, 0) is 22.6 Å². The maximum atomic E-state index is 13.1.